The lowest BCUT2D eigenvalue weighted by Gasteiger charge is -2.09. The number of carbonyl (C=O) groups excluding carboxylic acids is 1. The fourth-order valence-corrected chi connectivity index (χ4v) is 3.56. The molecule has 110 valence electrons. The van der Waals surface area contributed by atoms with E-state index in [2.05, 4.69) is 21.7 Å². The maximum atomic E-state index is 12.4. The molecule has 1 atom stereocenters. The Morgan fingerprint density at radius 3 is 2.90 bits per heavy atom. The van der Waals surface area contributed by atoms with E-state index in [0.29, 0.717) is 11.3 Å². The van der Waals surface area contributed by atoms with Crippen molar-refractivity contribution in [1.29, 1.82) is 5.26 Å². The fourth-order valence-electron chi connectivity index (χ4n) is 1.81. The number of aryl methyl sites for hydroxylation is 1. The highest BCUT2D eigenvalue weighted by Crippen LogP contribution is 2.25. The smallest absolute Gasteiger partial charge is 0.264 e. The molecule has 7 heteroatoms. The Bertz CT molecular complexity index is 642. The van der Waals surface area contributed by atoms with Crippen LogP contribution in [-0.4, -0.2) is 17.4 Å². The number of amides is 1. The average molecular weight is 320 g/mol. The predicted molar refractivity (Wildman–Crippen MR) is 85.8 cm³/mol. The predicted octanol–water partition coefficient (Wildman–Crippen LogP) is 3.19. The molecule has 0 spiro atoms. The molecule has 0 bridgehead atoms. The van der Waals surface area contributed by atoms with E-state index < -0.39 is 6.04 Å². The van der Waals surface area contributed by atoms with Crippen molar-refractivity contribution in [2.24, 2.45) is 0 Å². The minimum atomic E-state index is -0.619. The summed E-state index contributed by atoms with van der Waals surface area (Å²) in [6.07, 6.45) is 0.681. The lowest BCUT2D eigenvalue weighted by molar-refractivity contribution is 0.0948. The minimum absolute atomic E-state index is 0.242. The fraction of sp³-hybridized carbons (Fsp3) is 0.357. The molecule has 2 N–H and O–H groups in total. The van der Waals surface area contributed by atoms with Gasteiger partial charge >= 0.3 is 0 Å². The van der Waals surface area contributed by atoms with Gasteiger partial charge in [0.2, 0.25) is 0 Å². The van der Waals surface area contributed by atoms with E-state index in [0.717, 1.165) is 22.2 Å². The number of aromatic nitrogens is 1. The Hall–Kier alpha value is -1.91. The molecule has 0 aliphatic carbocycles. The van der Waals surface area contributed by atoms with Gasteiger partial charge in [-0.1, -0.05) is 24.3 Å². The second-order valence-electron chi connectivity index (χ2n) is 4.23. The van der Waals surface area contributed by atoms with Crippen molar-refractivity contribution >= 4 is 33.7 Å². The number of nitrogens with one attached hydrogen (secondary N) is 2. The number of thiazole rings is 1. The number of anilines is 1. The number of hydrogen-bond donors (Lipinski definition) is 2. The molecule has 21 heavy (non-hydrogen) atoms. The normalized spacial score (nSPS) is 11.7. The molecule has 2 rings (SSSR count). The largest absolute Gasteiger partial charge is 0.362 e. The van der Waals surface area contributed by atoms with E-state index in [-0.39, 0.29) is 5.91 Å². The molecule has 0 aliphatic rings. The van der Waals surface area contributed by atoms with Gasteiger partial charge in [0.05, 0.1) is 11.8 Å². The van der Waals surface area contributed by atoms with Crippen LogP contribution < -0.4 is 10.6 Å². The molecule has 5 nitrogen and oxygen atoms in total. The zero-order valence-electron chi connectivity index (χ0n) is 11.8. The summed E-state index contributed by atoms with van der Waals surface area (Å²) in [4.78, 5) is 18.2. The molecule has 2 aromatic heterocycles. The summed E-state index contributed by atoms with van der Waals surface area (Å²) in [6.45, 7) is 4.70. The van der Waals surface area contributed by atoms with Gasteiger partial charge < -0.3 is 10.6 Å². The van der Waals surface area contributed by atoms with E-state index in [1.165, 1.54) is 22.7 Å². The van der Waals surface area contributed by atoms with Gasteiger partial charge in [-0.25, -0.2) is 4.98 Å². The van der Waals surface area contributed by atoms with Gasteiger partial charge in [0.25, 0.3) is 5.91 Å². The van der Waals surface area contributed by atoms with Crippen LogP contribution in [0.1, 0.15) is 40.1 Å². The number of hydrogen-bond acceptors (Lipinski definition) is 6. The van der Waals surface area contributed by atoms with Crippen LogP contribution in [0.2, 0.25) is 0 Å². The first-order valence-electron chi connectivity index (χ1n) is 6.67. The number of thiophene rings is 1. The third-order valence-electron chi connectivity index (χ3n) is 2.80. The molecule has 0 saturated carbocycles. The van der Waals surface area contributed by atoms with E-state index in [1.54, 1.807) is 0 Å². The van der Waals surface area contributed by atoms with E-state index in [4.69, 9.17) is 0 Å². The Morgan fingerprint density at radius 2 is 2.33 bits per heavy atom. The van der Waals surface area contributed by atoms with Crippen molar-refractivity contribution in [2.45, 2.75) is 26.3 Å². The second-order valence-corrected chi connectivity index (χ2v) is 6.21. The SMILES string of the molecule is CCNc1nc(CC)c(C(=O)N[C@@H](C#N)c2cccs2)s1. The molecular formula is C14H16N4OS2. The molecule has 2 heterocycles. The summed E-state index contributed by atoms with van der Waals surface area (Å²) < 4.78 is 0. The number of rotatable bonds is 6. The first-order valence-corrected chi connectivity index (χ1v) is 8.36. The third kappa shape index (κ3) is 3.60. The summed E-state index contributed by atoms with van der Waals surface area (Å²) in [6, 6.07) is 5.21. The van der Waals surface area contributed by atoms with E-state index in [9.17, 15) is 10.1 Å². The topological polar surface area (TPSA) is 77.8 Å². The molecule has 0 saturated heterocycles. The van der Waals surface area contributed by atoms with Gasteiger partial charge in [0.15, 0.2) is 11.2 Å². The zero-order chi connectivity index (χ0) is 15.2. The summed E-state index contributed by atoms with van der Waals surface area (Å²) in [5, 5.41) is 17.7. The highest BCUT2D eigenvalue weighted by molar-refractivity contribution is 7.17. The van der Waals surface area contributed by atoms with Crippen molar-refractivity contribution in [2.75, 3.05) is 11.9 Å². The summed E-state index contributed by atoms with van der Waals surface area (Å²) >= 11 is 2.78. The van der Waals surface area contributed by atoms with Gasteiger partial charge in [-0.2, -0.15) is 5.26 Å². The zero-order valence-corrected chi connectivity index (χ0v) is 13.5. The first-order chi connectivity index (χ1) is 10.2. The standard InChI is InChI=1S/C14H16N4OS2/c1-3-9-12(21-14(18-9)16-4-2)13(19)17-10(8-15)11-6-5-7-20-11/h5-7,10H,3-4H2,1-2H3,(H,16,18)(H,17,19)/t10-/m0/s1. The first kappa shape index (κ1) is 15.5. The Morgan fingerprint density at radius 1 is 1.52 bits per heavy atom. The lowest BCUT2D eigenvalue weighted by Crippen LogP contribution is -2.27. The minimum Gasteiger partial charge on any atom is -0.362 e. The Balaban J connectivity index is 2.18. The quantitative estimate of drug-likeness (QED) is 0.857. The van der Waals surface area contributed by atoms with Crippen molar-refractivity contribution in [3.63, 3.8) is 0 Å². The van der Waals surface area contributed by atoms with Gasteiger partial charge in [-0.15, -0.1) is 11.3 Å². The van der Waals surface area contributed by atoms with Crippen LogP contribution in [0.25, 0.3) is 0 Å². The monoisotopic (exact) mass is 320 g/mol. The van der Waals surface area contributed by atoms with Crippen LogP contribution in [-0.2, 0) is 6.42 Å². The Kier molecular flexibility index (Phi) is 5.31. The van der Waals surface area contributed by atoms with Crippen molar-refractivity contribution in [3.05, 3.63) is 33.0 Å². The second kappa shape index (κ2) is 7.20. The van der Waals surface area contributed by atoms with Crippen LogP contribution in [0.5, 0.6) is 0 Å². The lowest BCUT2D eigenvalue weighted by atomic mass is 10.2. The molecule has 0 fully saturated rings. The summed E-state index contributed by atoms with van der Waals surface area (Å²) in [5.41, 5.74) is 0.760. The van der Waals surface area contributed by atoms with Crippen LogP contribution in [0.3, 0.4) is 0 Å². The molecule has 2 aromatic rings. The van der Waals surface area contributed by atoms with Gasteiger partial charge in [0.1, 0.15) is 4.88 Å². The number of nitriles is 1. The summed E-state index contributed by atoms with van der Waals surface area (Å²) in [5.74, 6) is -0.242. The van der Waals surface area contributed by atoms with Gasteiger partial charge in [0, 0.05) is 11.4 Å². The third-order valence-corrected chi connectivity index (χ3v) is 4.79. The molecule has 1 amide bonds. The molecule has 0 aliphatic heterocycles. The Labute approximate surface area is 131 Å². The molecule has 0 aromatic carbocycles. The van der Waals surface area contributed by atoms with Crippen molar-refractivity contribution in [1.82, 2.24) is 10.3 Å². The van der Waals surface area contributed by atoms with E-state index >= 15 is 0 Å². The van der Waals surface area contributed by atoms with Crippen LogP contribution in [0, 0.1) is 11.3 Å². The average Bonchev–Trinajstić information content (AvgIpc) is 3.14. The molecule has 0 unspecified atom stereocenters. The molecular weight excluding hydrogens is 304 g/mol. The van der Waals surface area contributed by atoms with Gasteiger partial charge in [-0.3, -0.25) is 4.79 Å². The van der Waals surface area contributed by atoms with E-state index in [1.807, 2.05) is 31.4 Å². The highest BCUT2D eigenvalue weighted by Gasteiger charge is 2.21. The summed E-state index contributed by atoms with van der Waals surface area (Å²) in [7, 11) is 0. The maximum absolute atomic E-state index is 12.4. The van der Waals surface area contributed by atoms with Crippen molar-refractivity contribution in [3.8, 4) is 6.07 Å². The van der Waals surface area contributed by atoms with Crippen LogP contribution in [0.4, 0.5) is 5.13 Å². The highest BCUT2D eigenvalue weighted by atomic mass is 32.1. The van der Waals surface area contributed by atoms with Gasteiger partial charge in [-0.05, 0) is 24.8 Å². The number of nitrogens with zero attached hydrogens (tertiary/aromatic N) is 2. The number of carbonyl (C=O) groups is 1. The van der Waals surface area contributed by atoms with Crippen LogP contribution >= 0.6 is 22.7 Å². The maximum Gasteiger partial charge on any atom is 0.264 e. The van der Waals surface area contributed by atoms with Crippen LogP contribution in [0.15, 0.2) is 17.5 Å². The molecule has 0 radical (unpaired) electrons. The van der Waals surface area contributed by atoms with Crippen molar-refractivity contribution < 1.29 is 4.79 Å².